The van der Waals surface area contributed by atoms with Crippen molar-refractivity contribution in [2.45, 2.75) is 6.92 Å². The van der Waals surface area contributed by atoms with Crippen LogP contribution in [0.4, 0.5) is 10.1 Å². The molecule has 0 amide bonds. The van der Waals surface area contributed by atoms with Crippen molar-refractivity contribution in [1.82, 2.24) is 0 Å². The number of esters is 2. The summed E-state index contributed by atoms with van der Waals surface area (Å²) in [5.41, 5.74) is 1.04. The van der Waals surface area contributed by atoms with Crippen LogP contribution in [-0.4, -0.2) is 26.2 Å². The second-order valence-electron chi connectivity index (χ2n) is 4.80. The molecule has 0 aliphatic carbocycles. The molecule has 6 heteroatoms. The summed E-state index contributed by atoms with van der Waals surface area (Å²) in [5, 5.41) is 0. The maximum Gasteiger partial charge on any atom is 0.355 e. The van der Waals surface area contributed by atoms with Gasteiger partial charge in [0.05, 0.1) is 19.8 Å². The highest BCUT2D eigenvalue weighted by Crippen LogP contribution is 2.27. The molecule has 0 bridgehead atoms. The number of nitrogens with zero attached hydrogens (tertiary/aromatic N) is 1. The Morgan fingerprint density at radius 2 is 1.74 bits per heavy atom. The van der Waals surface area contributed by atoms with E-state index in [4.69, 9.17) is 9.47 Å². The van der Waals surface area contributed by atoms with Crippen LogP contribution in [0.2, 0.25) is 0 Å². The summed E-state index contributed by atoms with van der Waals surface area (Å²) < 4.78 is 23.2. The van der Waals surface area contributed by atoms with E-state index in [0.29, 0.717) is 11.3 Å². The standard InChI is InChI=1S/C17H16FNO4/c1-11-8-12(18)10-13(9-11)19-7-5-4-6-14(16(20)22-2)15(19)17(21)23-3/h4-10H,1-3H3. The van der Waals surface area contributed by atoms with Crippen molar-refractivity contribution in [3.63, 3.8) is 0 Å². The van der Waals surface area contributed by atoms with Gasteiger partial charge in [-0.3, -0.25) is 0 Å². The fraction of sp³-hybridized carbons (Fsp3) is 0.176. The summed E-state index contributed by atoms with van der Waals surface area (Å²) in [4.78, 5) is 25.6. The predicted octanol–water partition coefficient (Wildman–Crippen LogP) is 2.62. The second kappa shape index (κ2) is 6.91. The van der Waals surface area contributed by atoms with Crippen molar-refractivity contribution in [2.75, 3.05) is 19.1 Å². The summed E-state index contributed by atoms with van der Waals surface area (Å²) in [7, 11) is 2.42. The first kappa shape index (κ1) is 16.5. The summed E-state index contributed by atoms with van der Waals surface area (Å²) in [6, 6.07) is 4.32. The van der Waals surface area contributed by atoms with Gasteiger partial charge in [0.1, 0.15) is 11.5 Å². The number of rotatable bonds is 3. The van der Waals surface area contributed by atoms with E-state index in [2.05, 4.69) is 0 Å². The number of benzene rings is 1. The molecule has 1 aromatic carbocycles. The molecule has 0 unspecified atom stereocenters. The summed E-state index contributed by atoms with van der Waals surface area (Å²) in [5.74, 6) is -1.87. The minimum atomic E-state index is -0.733. The van der Waals surface area contributed by atoms with Crippen LogP contribution in [0.1, 0.15) is 5.56 Å². The van der Waals surface area contributed by atoms with Gasteiger partial charge in [0.15, 0.2) is 0 Å². The topological polar surface area (TPSA) is 55.8 Å². The van der Waals surface area contributed by atoms with Crippen LogP contribution in [0.15, 0.2) is 53.9 Å². The molecule has 0 aromatic heterocycles. The number of allylic oxidation sites excluding steroid dienone is 2. The molecule has 0 radical (unpaired) electrons. The average Bonchev–Trinajstić information content (AvgIpc) is 2.75. The molecule has 0 fully saturated rings. The fourth-order valence-electron chi connectivity index (χ4n) is 2.22. The lowest BCUT2D eigenvalue weighted by molar-refractivity contribution is -0.139. The van der Waals surface area contributed by atoms with Gasteiger partial charge < -0.3 is 14.4 Å². The molecular formula is C17H16FNO4. The summed E-state index contributed by atoms with van der Waals surface area (Å²) in [6.07, 6.45) is 6.20. The molecular weight excluding hydrogens is 301 g/mol. The van der Waals surface area contributed by atoms with Crippen molar-refractivity contribution >= 4 is 17.6 Å². The molecule has 120 valence electrons. The molecule has 1 heterocycles. The van der Waals surface area contributed by atoms with Crippen LogP contribution in [0.3, 0.4) is 0 Å². The van der Waals surface area contributed by atoms with Crippen LogP contribution >= 0.6 is 0 Å². The maximum absolute atomic E-state index is 13.7. The molecule has 0 saturated carbocycles. The number of aryl methyl sites for hydroxylation is 1. The lowest BCUT2D eigenvalue weighted by Gasteiger charge is -2.23. The highest BCUT2D eigenvalue weighted by Gasteiger charge is 2.27. The first-order chi connectivity index (χ1) is 11.0. The zero-order valence-corrected chi connectivity index (χ0v) is 13.0. The van der Waals surface area contributed by atoms with Gasteiger partial charge in [-0.15, -0.1) is 0 Å². The lowest BCUT2D eigenvalue weighted by Crippen LogP contribution is -2.27. The van der Waals surface area contributed by atoms with Crippen molar-refractivity contribution in [1.29, 1.82) is 0 Å². The number of hydrogen-bond acceptors (Lipinski definition) is 5. The number of carbonyl (C=O) groups excluding carboxylic acids is 2. The molecule has 0 spiro atoms. The van der Waals surface area contributed by atoms with E-state index in [0.717, 1.165) is 0 Å². The third-order valence-electron chi connectivity index (χ3n) is 3.19. The van der Waals surface area contributed by atoms with Crippen molar-refractivity contribution < 1.29 is 23.5 Å². The van der Waals surface area contributed by atoms with Gasteiger partial charge in [0.2, 0.25) is 0 Å². The van der Waals surface area contributed by atoms with E-state index < -0.39 is 17.8 Å². The minimum absolute atomic E-state index is 0.0197. The van der Waals surface area contributed by atoms with Crippen LogP contribution in [0, 0.1) is 12.7 Å². The SMILES string of the molecule is COC(=O)C1=C(C(=O)OC)N(c2cc(C)cc(F)c2)C=CC=C1. The summed E-state index contributed by atoms with van der Waals surface area (Å²) in [6.45, 7) is 1.73. The van der Waals surface area contributed by atoms with E-state index in [1.54, 1.807) is 31.3 Å². The van der Waals surface area contributed by atoms with E-state index in [1.165, 1.54) is 37.3 Å². The van der Waals surface area contributed by atoms with E-state index in [-0.39, 0.29) is 11.3 Å². The van der Waals surface area contributed by atoms with Crippen molar-refractivity contribution in [2.24, 2.45) is 0 Å². The zero-order valence-electron chi connectivity index (χ0n) is 13.0. The van der Waals surface area contributed by atoms with Crippen LogP contribution < -0.4 is 4.90 Å². The molecule has 5 nitrogen and oxygen atoms in total. The van der Waals surface area contributed by atoms with Crippen molar-refractivity contribution in [3.8, 4) is 0 Å². The fourth-order valence-corrected chi connectivity index (χ4v) is 2.22. The molecule has 1 aromatic rings. The van der Waals surface area contributed by atoms with E-state index in [1.807, 2.05) is 0 Å². The smallest absolute Gasteiger partial charge is 0.355 e. The average molecular weight is 317 g/mol. The van der Waals surface area contributed by atoms with Gasteiger partial charge >= 0.3 is 11.9 Å². The molecule has 1 aliphatic rings. The van der Waals surface area contributed by atoms with Gasteiger partial charge in [-0.1, -0.05) is 6.08 Å². The van der Waals surface area contributed by atoms with E-state index in [9.17, 15) is 14.0 Å². The highest BCUT2D eigenvalue weighted by molar-refractivity contribution is 6.05. The van der Waals surface area contributed by atoms with Crippen molar-refractivity contribution in [3.05, 3.63) is 65.3 Å². The van der Waals surface area contributed by atoms with Crippen LogP contribution in [-0.2, 0) is 19.1 Å². The van der Waals surface area contributed by atoms with E-state index >= 15 is 0 Å². The maximum atomic E-state index is 13.7. The third kappa shape index (κ3) is 3.48. The van der Waals surface area contributed by atoms with Crippen LogP contribution in [0.5, 0.6) is 0 Å². The Morgan fingerprint density at radius 1 is 1.04 bits per heavy atom. The highest BCUT2D eigenvalue weighted by atomic mass is 19.1. The zero-order chi connectivity index (χ0) is 17.0. The second-order valence-corrected chi connectivity index (χ2v) is 4.80. The lowest BCUT2D eigenvalue weighted by atomic mass is 10.1. The minimum Gasteiger partial charge on any atom is -0.465 e. The molecule has 0 saturated heterocycles. The largest absolute Gasteiger partial charge is 0.465 e. The Labute approximate surface area is 133 Å². The molecule has 23 heavy (non-hydrogen) atoms. The van der Waals surface area contributed by atoms with Gasteiger partial charge in [0.25, 0.3) is 0 Å². The number of methoxy groups -OCH3 is 2. The van der Waals surface area contributed by atoms with Gasteiger partial charge in [-0.05, 0) is 42.8 Å². The predicted molar refractivity (Wildman–Crippen MR) is 83.0 cm³/mol. The molecule has 0 N–H and O–H groups in total. The first-order valence-electron chi connectivity index (χ1n) is 6.80. The molecule has 1 aliphatic heterocycles. The van der Waals surface area contributed by atoms with Gasteiger partial charge in [-0.2, -0.15) is 0 Å². The monoisotopic (exact) mass is 317 g/mol. The Bertz CT molecular complexity index is 714. The number of hydrogen-bond donors (Lipinski definition) is 0. The number of anilines is 1. The first-order valence-corrected chi connectivity index (χ1v) is 6.80. The normalized spacial score (nSPS) is 13.8. The Morgan fingerprint density at radius 3 is 2.35 bits per heavy atom. The number of carbonyl (C=O) groups is 2. The summed E-state index contributed by atoms with van der Waals surface area (Å²) >= 11 is 0. The van der Waals surface area contributed by atoms with Gasteiger partial charge in [0, 0.05) is 11.9 Å². The Hall–Kier alpha value is -2.89. The number of halogens is 1. The van der Waals surface area contributed by atoms with Crippen LogP contribution in [0.25, 0.3) is 0 Å². The molecule has 2 rings (SSSR count). The quantitative estimate of drug-likeness (QED) is 0.802. The Balaban J connectivity index is 2.68. The third-order valence-corrected chi connectivity index (χ3v) is 3.19. The number of ether oxygens (including phenoxy) is 2. The molecule has 0 atom stereocenters. The van der Waals surface area contributed by atoms with Gasteiger partial charge in [-0.25, -0.2) is 14.0 Å². The Kier molecular flexibility index (Phi) is 4.95.